The first-order valence-corrected chi connectivity index (χ1v) is 3.76. The van der Waals surface area contributed by atoms with Gasteiger partial charge in [0, 0.05) is 0 Å². The van der Waals surface area contributed by atoms with E-state index in [-0.39, 0.29) is 6.10 Å². The Morgan fingerprint density at radius 2 is 2.36 bits per heavy atom. The maximum absolute atomic E-state index is 9.23. The third kappa shape index (κ3) is 1.83. The monoisotopic (exact) mass is 152 g/mol. The highest BCUT2D eigenvalue weighted by Crippen LogP contribution is 2.14. The molecule has 11 heavy (non-hydrogen) atoms. The average molecular weight is 152 g/mol. The highest BCUT2D eigenvalue weighted by atomic mass is 16.5. The summed E-state index contributed by atoms with van der Waals surface area (Å²) >= 11 is 0. The van der Waals surface area contributed by atoms with Crippen LogP contribution in [0, 0.1) is 12.3 Å². The zero-order valence-electron chi connectivity index (χ0n) is 6.53. The van der Waals surface area contributed by atoms with Gasteiger partial charge in [-0.25, -0.2) is 0 Å². The summed E-state index contributed by atoms with van der Waals surface area (Å²) in [4.78, 5) is 0. The van der Waals surface area contributed by atoms with E-state index in [1.807, 2.05) is 13.0 Å². The molecule has 0 aromatic rings. The minimum Gasteiger partial charge on any atom is -0.385 e. The number of aliphatic hydroxyl groups excluding tert-OH is 1. The van der Waals surface area contributed by atoms with Crippen molar-refractivity contribution < 1.29 is 9.84 Å². The van der Waals surface area contributed by atoms with Gasteiger partial charge in [-0.1, -0.05) is 25.0 Å². The fourth-order valence-corrected chi connectivity index (χ4v) is 1.02. The molecule has 1 rings (SSSR count). The Morgan fingerprint density at radius 3 is 2.91 bits per heavy atom. The van der Waals surface area contributed by atoms with Crippen LogP contribution in [0.2, 0.25) is 0 Å². The van der Waals surface area contributed by atoms with E-state index in [4.69, 9.17) is 11.2 Å². The van der Waals surface area contributed by atoms with E-state index in [1.54, 1.807) is 6.08 Å². The summed E-state index contributed by atoms with van der Waals surface area (Å²) in [5.74, 6) is 2.39. The third-order valence-corrected chi connectivity index (χ3v) is 1.72. The largest absolute Gasteiger partial charge is 0.385 e. The fourth-order valence-electron chi connectivity index (χ4n) is 1.02. The molecule has 0 amide bonds. The van der Waals surface area contributed by atoms with Crippen LogP contribution >= 0.6 is 0 Å². The van der Waals surface area contributed by atoms with E-state index in [0.717, 1.165) is 6.42 Å². The van der Waals surface area contributed by atoms with Gasteiger partial charge >= 0.3 is 0 Å². The van der Waals surface area contributed by atoms with E-state index in [1.165, 1.54) is 0 Å². The number of hydrogen-bond acceptors (Lipinski definition) is 2. The molecule has 3 atom stereocenters. The van der Waals surface area contributed by atoms with Crippen molar-refractivity contribution in [3.63, 3.8) is 0 Å². The van der Waals surface area contributed by atoms with Crippen molar-refractivity contribution in [2.45, 2.75) is 31.7 Å². The molecule has 0 aliphatic carbocycles. The van der Waals surface area contributed by atoms with E-state index >= 15 is 0 Å². The Balaban J connectivity index is 2.61. The van der Waals surface area contributed by atoms with E-state index in [2.05, 4.69) is 5.92 Å². The SMILES string of the molecule is C#C[C@H]1O[C@H](CC)C=C[C@H]1O. The zero-order valence-corrected chi connectivity index (χ0v) is 6.53. The molecule has 0 spiro atoms. The lowest BCUT2D eigenvalue weighted by molar-refractivity contribution is -0.0254. The van der Waals surface area contributed by atoms with Crippen LogP contribution in [0.1, 0.15) is 13.3 Å². The van der Waals surface area contributed by atoms with Gasteiger partial charge in [0.2, 0.25) is 0 Å². The van der Waals surface area contributed by atoms with Crippen LogP contribution in [0.5, 0.6) is 0 Å². The lowest BCUT2D eigenvalue weighted by Crippen LogP contribution is -2.33. The Labute approximate surface area is 66.9 Å². The van der Waals surface area contributed by atoms with Crippen molar-refractivity contribution >= 4 is 0 Å². The van der Waals surface area contributed by atoms with E-state index in [9.17, 15) is 5.11 Å². The molecule has 0 saturated heterocycles. The van der Waals surface area contributed by atoms with Crippen molar-refractivity contribution in [3.8, 4) is 12.3 Å². The second-order valence-electron chi connectivity index (χ2n) is 2.55. The number of hydrogen-bond donors (Lipinski definition) is 1. The first-order valence-electron chi connectivity index (χ1n) is 3.76. The van der Waals surface area contributed by atoms with Gasteiger partial charge in [0.05, 0.1) is 6.10 Å². The molecule has 1 aliphatic rings. The predicted molar refractivity (Wildman–Crippen MR) is 42.9 cm³/mol. The standard InChI is InChI=1S/C9H12O2/c1-3-7-5-6-8(10)9(4-2)11-7/h2,5-10H,3H2,1H3/t7-,8-,9-/m1/s1. The number of rotatable bonds is 1. The van der Waals surface area contributed by atoms with Crippen LogP contribution in [0.3, 0.4) is 0 Å². The molecular weight excluding hydrogens is 140 g/mol. The van der Waals surface area contributed by atoms with Crippen LogP contribution in [0.4, 0.5) is 0 Å². The molecule has 0 fully saturated rings. The summed E-state index contributed by atoms with van der Waals surface area (Å²) in [7, 11) is 0. The summed E-state index contributed by atoms with van der Waals surface area (Å²) in [6.45, 7) is 2.01. The van der Waals surface area contributed by atoms with Crippen molar-refractivity contribution in [3.05, 3.63) is 12.2 Å². The van der Waals surface area contributed by atoms with Gasteiger partial charge in [-0.2, -0.15) is 0 Å². The first kappa shape index (κ1) is 8.32. The zero-order chi connectivity index (χ0) is 8.27. The Hall–Kier alpha value is -0.780. The molecule has 1 aliphatic heterocycles. The lowest BCUT2D eigenvalue weighted by Gasteiger charge is -2.25. The fraction of sp³-hybridized carbons (Fsp3) is 0.556. The van der Waals surface area contributed by atoms with Crippen LogP contribution in [0.25, 0.3) is 0 Å². The number of aliphatic hydroxyl groups is 1. The number of ether oxygens (including phenoxy) is 1. The average Bonchev–Trinajstić information content (AvgIpc) is 2.05. The van der Waals surface area contributed by atoms with Crippen LogP contribution in [0.15, 0.2) is 12.2 Å². The van der Waals surface area contributed by atoms with Gasteiger partial charge in [0.1, 0.15) is 12.2 Å². The molecule has 2 nitrogen and oxygen atoms in total. The second-order valence-corrected chi connectivity index (χ2v) is 2.55. The van der Waals surface area contributed by atoms with Crippen LogP contribution in [-0.2, 0) is 4.74 Å². The molecule has 0 radical (unpaired) electrons. The minimum absolute atomic E-state index is 0.0689. The van der Waals surface area contributed by atoms with Gasteiger partial charge in [-0.05, 0) is 6.42 Å². The van der Waals surface area contributed by atoms with Crippen molar-refractivity contribution in [2.24, 2.45) is 0 Å². The molecule has 0 aromatic carbocycles. The second kappa shape index (κ2) is 3.56. The van der Waals surface area contributed by atoms with E-state index in [0.29, 0.717) is 0 Å². The first-order chi connectivity index (χ1) is 5.27. The highest BCUT2D eigenvalue weighted by molar-refractivity contribution is 5.11. The van der Waals surface area contributed by atoms with Crippen molar-refractivity contribution in [1.29, 1.82) is 0 Å². The molecule has 0 bridgehead atoms. The summed E-state index contributed by atoms with van der Waals surface area (Å²) in [5.41, 5.74) is 0. The van der Waals surface area contributed by atoms with Crippen molar-refractivity contribution in [2.75, 3.05) is 0 Å². The highest BCUT2D eigenvalue weighted by Gasteiger charge is 2.22. The van der Waals surface area contributed by atoms with Crippen LogP contribution < -0.4 is 0 Å². The Bertz CT molecular complexity index is 190. The van der Waals surface area contributed by atoms with Gasteiger partial charge in [0.25, 0.3) is 0 Å². The molecular formula is C9H12O2. The van der Waals surface area contributed by atoms with Gasteiger partial charge in [-0.15, -0.1) is 6.42 Å². The van der Waals surface area contributed by atoms with Crippen LogP contribution in [-0.4, -0.2) is 23.4 Å². The molecule has 0 unspecified atom stereocenters. The maximum Gasteiger partial charge on any atom is 0.148 e. The van der Waals surface area contributed by atoms with Gasteiger partial charge < -0.3 is 9.84 Å². The molecule has 2 heteroatoms. The summed E-state index contributed by atoms with van der Waals surface area (Å²) in [6.07, 6.45) is 8.54. The maximum atomic E-state index is 9.23. The smallest absolute Gasteiger partial charge is 0.148 e. The molecule has 60 valence electrons. The van der Waals surface area contributed by atoms with Crippen molar-refractivity contribution in [1.82, 2.24) is 0 Å². The topological polar surface area (TPSA) is 29.5 Å². The summed E-state index contributed by atoms with van der Waals surface area (Å²) in [5, 5.41) is 9.23. The lowest BCUT2D eigenvalue weighted by atomic mass is 10.1. The Kier molecular flexibility index (Phi) is 2.70. The molecule has 0 saturated carbocycles. The predicted octanol–water partition coefficient (Wildman–Crippen LogP) is 0.714. The van der Waals surface area contributed by atoms with Gasteiger partial charge in [0.15, 0.2) is 0 Å². The normalized spacial score (nSPS) is 36.6. The summed E-state index contributed by atoms with van der Waals surface area (Å²) in [6, 6.07) is 0. The number of terminal acetylenes is 1. The minimum atomic E-state index is -0.636. The van der Waals surface area contributed by atoms with E-state index < -0.39 is 12.2 Å². The molecule has 1 N–H and O–H groups in total. The third-order valence-electron chi connectivity index (χ3n) is 1.72. The Morgan fingerprint density at radius 1 is 1.64 bits per heavy atom. The summed E-state index contributed by atoms with van der Waals surface area (Å²) < 4.78 is 5.32. The molecule has 0 aromatic heterocycles. The van der Waals surface area contributed by atoms with Gasteiger partial charge in [-0.3, -0.25) is 0 Å². The quantitative estimate of drug-likeness (QED) is 0.443. The molecule has 1 heterocycles.